The van der Waals surface area contributed by atoms with Crippen molar-refractivity contribution in [1.82, 2.24) is 15.1 Å². The molecule has 1 unspecified atom stereocenters. The van der Waals surface area contributed by atoms with Gasteiger partial charge in [-0.3, -0.25) is 5.10 Å². The first-order chi connectivity index (χ1) is 8.74. The van der Waals surface area contributed by atoms with E-state index in [9.17, 15) is 0 Å². The third kappa shape index (κ3) is 2.01. The Morgan fingerprint density at radius 2 is 2.44 bits per heavy atom. The lowest BCUT2D eigenvalue weighted by molar-refractivity contribution is 0.322. The van der Waals surface area contributed by atoms with Crippen LogP contribution in [0.4, 0.5) is 11.4 Å². The van der Waals surface area contributed by atoms with Crippen LogP contribution < -0.4 is 11.1 Å². The molecule has 1 aromatic heterocycles. The van der Waals surface area contributed by atoms with Crippen LogP contribution >= 0.6 is 0 Å². The summed E-state index contributed by atoms with van der Waals surface area (Å²) in [6.07, 6.45) is 4.34. The van der Waals surface area contributed by atoms with Crippen molar-refractivity contribution in [2.75, 3.05) is 31.2 Å². The maximum absolute atomic E-state index is 6.05. The number of nitrogen functional groups attached to an aromatic ring is 1. The van der Waals surface area contributed by atoms with Gasteiger partial charge in [-0.1, -0.05) is 0 Å². The molecule has 0 bridgehead atoms. The molecule has 5 nitrogen and oxygen atoms in total. The molecule has 5 heteroatoms. The van der Waals surface area contributed by atoms with E-state index in [0.717, 1.165) is 28.8 Å². The summed E-state index contributed by atoms with van der Waals surface area (Å²) in [5.41, 5.74) is 8.84. The molecule has 1 aromatic carbocycles. The second kappa shape index (κ2) is 4.49. The molecular weight excluding hydrogens is 226 g/mol. The van der Waals surface area contributed by atoms with Crippen LogP contribution in [0.25, 0.3) is 10.9 Å². The number of likely N-dealkylation sites (tertiary alicyclic amines) is 1. The molecule has 4 N–H and O–H groups in total. The van der Waals surface area contributed by atoms with Gasteiger partial charge in [0.15, 0.2) is 0 Å². The van der Waals surface area contributed by atoms with Gasteiger partial charge < -0.3 is 16.0 Å². The van der Waals surface area contributed by atoms with Crippen molar-refractivity contribution in [3.05, 3.63) is 18.3 Å². The van der Waals surface area contributed by atoms with E-state index in [0.29, 0.717) is 6.04 Å². The van der Waals surface area contributed by atoms with Gasteiger partial charge in [0.2, 0.25) is 0 Å². The van der Waals surface area contributed by atoms with Gasteiger partial charge in [0.25, 0.3) is 0 Å². The van der Waals surface area contributed by atoms with E-state index < -0.39 is 0 Å². The molecule has 2 heterocycles. The lowest BCUT2D eigenvalue weighted by atomic mass is 10.2. The van der Waals surface area contributed by atoms with Gasteiger partial charge in [-0.15, -0.1) is 0 Å². The predicted molar refractivity (Wildman–Crippen MR) is 74.6 cm³/mol. The zero-order chi connectivity index (χ0) is 12.5. The topological polar surface area (TPSA) is 70.0 Å². The van der Waals surface area contributed by atoms with Gasteiger partial charge in [0.1, 0.15) is 0 Å². The molecule has 2 aromatic rings. The number of benzene rings is 1. The molecule has 0 spiro atoms. The van der Waals surface area contributed by atoms with E-state index in [1.165, 1.54) is 19.4 Å². The minimum Gasteiger partial charge on any atom is -0.397 e. The highest BCUT2D eigenvalue weighted by Crippen LogP contribution is 2.25. The molecule has 1 aliphatic rings. The fourth-order valence-electron chi connectivity index (χ4n) is 2.63. The van der Waals surface area contributed by atoms with Crippen LogP contribution in [0.3, 0.4) is 0 Å². The Bertz CT molecular complexity index is 547. The highest BCUT2D eigenvalue weighted by Gasteiger charge is 2.20. The first-order valence-corrected chi connectivity index (χ1v) is 6.41. The minimum absolute atomic E-state index is 0.613. The van der Waals surface area contributed by atoms with E-state index in [-0.39, 0.29) is 0 Å². The number of H-pyrrole nitrogens is 1. The van der Waals surface area contributed by atoms with Crippen LogP contribution in [0.5, 0.6) is 0 Å². The summed E-state index contributed by atoms with van der Waals surface area (Å²) < 4.78 is 0. The fourth-order valence-corrected chi connectivity index (χ4v) is 2.63. The van der Waals surface area contributed by atoms with E-state index in [4.69, 9.17) is 5.73 Å². The number of aromatic nitrogens is 2. The average molecular weight is 245 g/mol. The van der Waals surface area contributed by atoms with Crippen LogP contribution in [0.2, 0.25) is 0 Å². The number of hydrogen-bond donors (Lipinski definition) is 3. The fraction of sp³-hybridized carbons (Fsp3) is 0.462. The van der Waals surface area contributed by atoms with E-state index in [1.807, 2.05) is 12.1 Å². The molecule has 1 fully saturated rings. The summed E-state index contributed by atoms with van der Waals surface area (Å²) >= 11 is 0. The Labute approximate surface area is 106 Å². The van der Waals surface area contributed by atoms with Crippen molar-refractivity contribution in [3.63, 3.8) is 0 Å². The van der Waals surface area contributed by atoms with Gasteiger partial charge in [0.05, 0.1) is 23.1 Å². The second-order valence-corrected chi connectivity index (χ2v) is 5.05. The minimum atomic E-state index is 0.613. The first kappa shape index (κ1) is 11.3. The smallest absolute Gasteiger partial charge is 0.0672 e. The van der Waals surface area contributed by atoms with E-state index >= 15 is 0 Å². The SMILES string of the molecule is CN1CCCC1CNc1cc2[nH]ncc2cc1N. The molecule has 0 amide bonds. The number of likely N-dealkylation sites (N-methyl/N-ethyl adjacent to an activating group) is 1. The number of hydrogen-bond acceptors (Lipinski definition) is 4. The highest BCUT2D eigenvalue weighted by molar-refractivity contribution is 5.88. The highest BCUT2D eigenvalue weighted by atomic mass is 15.2. The maximum atomic E-state index is 6.05. The number of nitrogens with zero attached hydrogens (tertiary/aromatic N) is 2. The summed E-state index contributed by atoms with van der Waals surface area (Å²) in [7, 11) is 2.18. The van der Waals surface area contributed by atoms with Crippen LogP contribution in [-0.4, -0.2) is 41.3 Å². The van der Waals surface area contributed by atoms with Crippen LogP contribution in [0.15, 0.2) is 18.3 Å². The Hall–Kier alpha value is -1.75. The lowest BCUT2D eigenvalue weighted by Gasteiger charge is -2.20. The number of nitrogens with one attached hydrogen (secondary N) is 2. The molecule has 1 aliphatic heterocycles. The number of rotatable bonds is 3. The normalized spacial score (nSPS) is 20.6. The van der Waals surface area contributed by atoms with Gasteiger partial charge in [-0.05, 0) is 38.6 Å². The largest absolute Gasteiger partial charge is 0.397 e. The number of fused-ring (bicyclic) bond motifs is 1. The van der Waals surface area contributed by atoms with Crippen LogP contribution in [0, 0.1) is 0 Å². The number of anilines is 2. The number of nitrogens with two attached hydrogens (primary N) is 1. The Balaban J connectivity index is 1.75. The van der Waals surface area contributed by atoms with Crippen molar-refractivity contribution < 1.29 is 0 Å². The molecule has 96 valence electrons. The molecule has 1 saturated heterocycles. The van der Waals surface area contributed by atoms with Gasteiger partial charge in [-0.2, -0.15) is 5.10 Å². The Morgan fingerprint density at radius 3 is 3.22 bits per heavy atom. The second-order valence-electron chi connectivity index (χ2n) is 5.05. The van der Waals surface area contributed by atoms with Gasteiger partial charge in [-0.25, -0.2) is 0 Å². The standard InChI is InChI=1S/C13H19N5/c1-18-4-2-3-10(18)8-15-13-6-12-9(5-11(13)14)7-16-17-12/h5-7,10,15H,2-4,8,14H2,1H3,(H,16,17). The number of aromatic amines is 1. The monoisotopic (exact) mass is 245 g/mol. The quantitative estimate of drug-likeness (QED) is 0.719. The van der Waals surface area contributed by atoms with Crippen molar-refractivity contribution in [3.8, 4) is 0 Å². The summed E-state index contributed by atoms with van der Waals surface area (Å²) in [6, 6.07) is 4.61. The van der Waals surface area contributed by atoms with E-state index in [2.05, 4.69) is 27.5 Å². The molecule has 1 atom stereocenters. The zero-order valence-electron chi connectivity index (χ0n) is 10.6. The third-order valence-electron chi connectivity index (χ3n) is 3.81. The Morgan fingerprint density at radius 1 is 1.56 bits per heavy atom. The van der Waals surface area contributed by atoms with Crippen LogP contribution in [0.1, 0.15) is 12.8 Å². The first-order valence-electron chi connectivity index (χ1n) is 6.41. The van der Waals surface area contributed by atoms with Gasteiger partial charge in [0, 0.05) is 18.0 Å². The molecule has 0 radical (unpaired) electrons. The summed E-state index contributed by atoms with van der Waals surface area (Å²) in [6.45, 7) is 2.14. The van der Waals surface area contributed by atoms with E-state index in [1.54, 1.807) is 6.20 Å². The molecule has 3 rings (SSSR count). The molecular formula is C13H19N5. The third-order valence-corrected chi connectivity index (χ3v) is 3.81. The average Bonchev–Trinajstić information content (AvgIpc) is 2.95. The van der Waals surface area contributed by atoms with Crippen molar-refractivity contribution >= 4 is 22.3 Å². The van der Waals surface area contributed by atoms with Crippen LogP contribution in [-0.2, 0) is 0 Å². The maximum Gasteiger partial charge on any atom is 0.0672 e. The summed E-state index contributed by atoms with van der Waals surface area (Å²) in [4.78, 5) is 2.40. The van der Waals surface area contributed by atoms with Gasteiger partial charge >= 0.3 is 0 Å². The predicted octanol–water partition coefficient (Wildman–Crippen LogP) is 1.65. The lowest BCUT2D eigenvalue weighted by Crippen LogP contribution is -2.31. The van der Waals surface area contributed by atoms with Crippen molar-refractivity contribution in [2.24, 2.45) is 0 Å². The molecule has 0 saturated carbocycles. The summed E-state index contributed by atoms with van der Waals surface area (Å²) in [5, 5.41) is 11.5. The van der Waals surface area contributed by atoms with Crippen molar-refractivity contribution in [2.45, 2.75) is 18.9 Å². The molecule has 0 aliphatic carbocycles. The Kier molecular flexibility index (Phi) is 2.83. The van der Waals surface area contributed by atoms with Crippen molar-refractivity contribution in [1.29, 1.82) is 0 Å². The molecule has 18 heavy (non-hydrogen) atoms. The summed E-state index contributed by atoms with van der Waals surface area (Å²) in [5.74, 6) is 0. The zero-order valence-corrected chi connectivity index (χ0v) is 10.6.